The summed E-state index contributed by atoms with van der Waals surface area (Å²) in [6, 6.07) is 5.78. The number of piperidine rings is 1. The van der Waals surface area contributed by atoms with Crippen LogP contribution >= 0.6 is 0 Å². The molecule has 1 aromatic rings. The van der Waals surface area contributed by atoms with E-state index < -0.39 is 10.0 Å². The third kappa shape index (κ3) is 3.26. The quantitative estimate of drug-likeness (QED) is 0.912. The Hall–Kier alpha value is -1.11. The molecule has 1 saturated heterocycles. The zero-order valence-electron chi connectivity index (χ0n) is 10.9. The van der Waals surface area contributed by atoms with Gasteiger partial charge in [-0.1, -0.05) is 6.07 Å². The molecule has 0 atom stereocenters. The number of sulfonamides is 1. The summed E-state index contributed by atoms with van der Waals surface area (Å²) in [5, 5.41) is 9.38. The van der Waals surface area contributed by atoms with E-state index in [9.17, 15) is 13.5 Å². The van der Waals surface area contributed by atoms with Crippen molar-refractivity contribution >= 4 is 10.0 Å². The Balaban J connectivity index is 2.10. The van der Waals surface area contributed by atoms with Crippen LogP contribution in [0.3, 0.4) is 0 Å². The first-order valence-electron chi connectivity index (χ1n) is 6.45. The van der Waals surface area contributed by atoms with E-state index in [1.54, 1.807) is 0 Å². The van der Waals surface area contributed by atoms with Crippen molar-refractivity contribution in [1.82, 2.24) is 4.31 Å². The van der Waals surface area contributed by atoms with Gasteiger partial charge in [-0.15, -0.1) is 0 Å². The van der Waals surface area contributed by atoms with Crippen molar-refractivity contribution in [2.75, 3.05) is 19.7 Å². The van der Waals surface area contributed by atoms with Crippen LogP contribution in [-0.4, -0.2) is 43.6 Å². The molecular formula is C13H19NO4S. The monoisotopic (exact) mass is 285 g/mol. The predicted octanol–water partition coefficient (Wildman–Crippen LogP) is 1.58. The molecule has 0 spiro atoms. The number of phenols is 1. The number of aromatic hydroxyl groups is 1. The van der Waals surface area contributed by atoms with Gasteiger partial charge >= 0.3 is 0 Å². The normalized spacial score (nSPS) is 18.6. The number of phenolic OH excluding ortho intramolecular Hbond substituents is 1. The van der Waals surface area contributed by atoms with Crippen molar-refractivity contribution < 1.29 is 18.3 Å². The zero-order valence-corrected chi connectivity index (χ0v) is 11.8. The van der Waals surface area contributed by atoms with E-state index in [0.29, 0.717) is 32.5 Å². The lowest BCUT2D eigenvalue weighted by Gasteiger charge is -2.30. The second-order valence-corrected chi connectivity index (χ2v) is 6.49. The number of ether oxygens (including phenoxy) is 1. The van der Waals surface area contributed by atoms with Crippen LogP contribution in [0.2, 0.25) is 0 Å². The number of benzene rings is 1. The molecule has 0 aliphatic carbocycles. The van der Waals surface area contributed by atoms with E-state index >= 15 is 0 Å². The molecule has 1 aliphatic rings. The van der Waals surface area contributed by atoms with Gasteiger partial charge in [-0.3, -0.25) is 0 Å². The Bertz CT molecular complexity index is 521. The molecule has 1 heterocycles. The van der Waals surface area contributed by atoms with Crippen LogP contribution in [0, 0.1) is 0 Å². The Morgan fingerprint density at radius 2 is 2.05 bits per heavy atom. The summed E-state index contributed by atoms with van der Waals surface area (Å²) < 4.78 is 31.7. The van der Waals surface area contributed by atoms with Gasteiger partial charge in [-0.2, -0.15) is 4.31 Å². The summed E-state index contributed by atoms with van der Waals surface area (Å²) in [4.78, 5) is 0.141. The minimum absolute atomic E-state index is 0.0368. The molecule has 0 aromatic heterocycles. The molecule has 1 N–H and O–H groups in total. The third-order valence-electron chi connectivity index (χ3n) is 3.26. The topological polar surface area (TPSA) is 66.8 Å². The van der Waals surface area contributed by atoms with Gasteiger partial charge in [-0.05, 0) is 38.0 Å². The number of hydrogen-bond donors (Lipinski definition) is 1. The van der Waals surface area contributed by atoms with Gasteiger partial charge in [-0.25, -0.2) is 8.42 Å². The molecule has 0 bridgehead atoms. The largest absolute Gasteiger partial charge is 0.508 e. The van der Waals surface area contributed by atoms with E-state index in [1.165, 1.54) is 28.6 Å². The first kappa shape index (κ1) is 14.3. The van der Waals surface area contributed by atoms with Crippen molar-refractivity contribution in [2.24, 2.45) is 0 Å². The smallest absolute Gasteiger partial charge is 0.243 e. The fourth-order valence-electron chi connectivity index (χ4n) is 2.27. The highest BCUT2D eigenvalue weighted by Gasteiger charge is 2.29. The molecule has 6 heteroatoms. The van der Waals surface area contributed by atoms with Crippen molar-refractivity contribution in [3.63, 3.8) is 0 Å². The van der Waals surface area contributed by atoms with Crippen LogP contribution in [0.15, 0.2) is 29.2 Å². The summed E-state index contributed by atoms with van der Waals surface area (Å²) in [5.41, 5.74) is 0. The molecule has 1 aliphatic heterocycles. The molecule has 19 heavy (non-hydrogen) atoms. The van der Waals surface area contributed by atoms with Gasteiger partial charge in [0, 0.05) is 19.7 Å². The van der Waals surface area contributed by atoms with Gasteiger partial charge in [0.25, 0.3) is 0 Å². The maximum atomic E-state index is 12.4. The third-order valence-corrected chi connectivity index (χ3v) is 5.15. The maximum Gasteiger partial charge on any atom is 0.243 e. The van der Waals surface area contributed by atoms with E-state index in [2.05, 4.69) is 0 Å². The van der Waals surface area contributed by atoms with Gasteiger partial charge in [0.2, 0.25) is 10.0 Å². The fourth-order valence-corrected chi connectivity index (χ4v) is 3.78. The first-order chi connectivity index (χ1) is 9.04. The molecule has 0 radical (unpaired) electrons. The standard InChI is InChI=1S/C13H19NO4S/c1-2-18-12-6-8-14(9-7-12)19(16,17)13-5-3-4-11(15)10-13/h3-5,10,12,15H,2,6-9H2,1H3. The molecule has 2 rings (SSSR count). The number of nitrogens with zero attached hydrogens (tertiary/aromatic N) is 1. The second-order valence-electron chi connectivity index (χ2n) is 4.56. The van der Waals surface area contributed by atoms with E-state index in [-0.39, 0.29) is 16.7 Å². The number of rotatable bonds is 4. The van der Waals surface area contributed by atoms with Gasteiger partial charge in [0.15, 0.2) is 0 Å². The van der Waals surface area contributed by atoms with Crippen molar-refractivity contribution in [3.8, 4) is 5.75 Å². The van der Waals surface area contributed by atoms with Crippen LogP contribution in [0.4, 0.5) is 0 Å². The Morgan fingerprint density at radius 3 is 2.63 bits per heavy atom. The Labute approximate surface area is 113 Å². The van der Waals surface area contributed by atoms with Gasteiger partial charge in [0.1, 0.15) is 5.75 Å². The van der Waals surface area contributed by atoms with Crippen LogP contribution in [-0.2, 0) is 14.8 Å². The lowest BCUT2D eigenvalue weighted by molar-refractivity contribution is 0.0290. The highest BCUT2D eigenvalue weighted by atomic mass is 32.2. The van der Waals surface area contributed by atoms with Gasteiger partial charge < -0.3 is 9.84 Å². The minimum Gasteiger partial charge on any atom is -0.508 e. The van der Waals surface area contributed by atoms with Crippen LogP contribution < -0.4 is 0 Å². The molecule has 5 nitrogen and oxygen atoms in total. The molecule has 0 amide bonds. The Morgan fingerprint density at radius 1 is 1.37 bits per heavy atom. The number of hydrogen-bond acceptors (Lipinski definition) is 4. The van der Waals surface area contributed by atoms with E-state index in [0.717, 1.165) is 0 Å². The van der Waals surface area contributed by atoms with E-state index in [1.807, 2.05) is 6.92 Å². The van der Waals surface area contributed by atoms with E-state index in [4.69, 9.17) is 4.74 Å². The average Bonchev–Trinajstić information content (AvgIpc) is 2.40. The summed E-state index contributed by atoms with van der Waals surface area (Å²) in [5.74, 6) is -0.0368. The zero-order chi connectivity index (χ0) is 13.9. The average molecular weight is 285 g/mol. The first-order valence-corrected chi connectivity index (χ1v) is 7.89. The summed E-state index contributed by atoms with van der Waals surface area (Å²) in [6.45, 7) is 3.52. The van der Waals surface area contributed by atoms with Crippen molar-refractivity contribution in [1.29, 1.82) is 0 Å². The van der Waals surface area contributed by atoms with Crippen molar-refractivity contribution in [3.05, 3.63) is 24.3 Å². The highest BCUT2D eigenvalue weighted by Crippen LogP contribution is 2.24. The maximum absolute atomic E-state index is 12.4. The molecule has 1 fully saturated rings. The van der Waals surface area contributed by atoms with Gasteiger partial charge in [0.05, 0.1) is 11.0 Å². The summed E-state index contributed by atoms with van der Waals surface area (Å²) in [6.07, 6.45) is 1.58. The van der Waals surface area contributed by atoms with Crippen LogP contribution in [0.5, 0.6) is 5.75 Å². The lowest BCUT2D eigenvalue weighted by atomic mass is 10.1. The molecular weight excluding hydrogens is 266 g/mol. The van der Waals surface area contributed by atoms with Crippen LogP contribution in [0.1, 0.15) is 19.8 Å². The van der Waals surface area contributed by atoms with Crippen LogP contribution in [0.25, 0.3) is 0 Å². The molecule has 1 aromatic carbocycles. The Kier molecular flexibility index (Phi) is 4.44. The summed E-state index contributed by atoms with van der Waals surface area (Å²) in [7, 11) is -3.51. The lowest BCUT2D eigenvalue weighted by Crippen LogP contribution is -2.40. The molecule has 106 valence electrons. The molecule has 0 unspecified atom stereocenters. The SMILES string of the molecule is CCOC1CCN(S(=O)(=O)c2cccc(O)c2)CC1. The summed E-state index contributed by atoms with van der Waals surface area (Å²) >= 11 is 0. The molecule has 0 saturated carbocycles. The minimum atomic E-state index is -3.51. The second kappa shape index (κ2) is 5.90. The van der Waals surface area contributed by atoms with Crippen molar-refractivity contribution in [2.45, 2.75) is 30.8 Å². The highest BCUT2D eigenvalue weighted by molar-refractivity contribution is 7.89. The fraction of sp³-hybridized carbons (Fsp3) is 0.538. The predicted molar refractivity (Wildman–Crippen MR) is 71.5 cm³/mol.